The minimum atomic E-state index is 0.286. The topological polar surface area (TPSA) is 42.7 Å². The van der Waals surface area contributed by atoms with Crippen molar-refractivity contribution >= 4 is 27.3 Å². The fourth-order valence-corrected chi connectivity index (χ4v) is 3.49. The maximum Gasteiger partial charge on any atom is 0.0794 e. The number of hydrogen-bond donors (Lipinski definition) is 1. The summed E-state index contributed by atoms with van der Waals surface area (Å²) in [6, 6.07) is 0.286. The van der Waals surface area contributed by atoms with Crippen molar-refractivity contribution in [3.8, 4) is 0 Å². The summed E-state index contributed by atoms with van der Waals surface area (Å²) in [6.45, 7) is 2.12. The zero-order valence-electron chi connectivity index (χ0n) is 10.8. The average Bonchev–Trinajstić information content (AvgIpc) is 2.97. The van der Waals surface area contributed by atoms with E-state index < -0.39 is 0 Å². The lowest BCUT2D eigenvalue weighted by molar-refractivity contribution is 0.567. The Hall–Kier alpha value is -0.720. The number of rotatable bonds is 5. The van der Waals surface area contributed by atoms with Gasteiger partial charge in [0.05, 0.1) is 21.4 Å². The van der Waals surface area contributed by atoms with Crippen LogP contribution in [0.1, 0.15) is 29.2 Å². The third-order valence-corrected chi connectivity index (χ3v) is 4.85. The lowest BCUT2D eigenvalue weighted by atomic mass is 10.1. The zero-order valence-corrected chi connectivity index (χ0v) is 13.2. The summed E-state index contributed by atoms with van der Waals surface area (Å²) < 4.78 is 3.10. The Morgan fingerprint density at radius 1 is 1.56 bits per heavy atom. The van der Waals surface area contributed by atoms with Crippen molar-refractivity contribution in [2.75, 3.05) is 7.05 Å². The number of nitrogens with zero attached hydrogens (tertiary/aromatic N) is 3. The van der Waals surface area contributed by atoms with Gasteiger partial charge in [0.25, 0.3) is 0 Å². The van der Waals surface area contributed by atoms with Crippen LogP contribution in [0.2, 0.25) is 0 Å². The SMILES string of the molecule is CCc1nn(C)c(CC(NC)c2cncs2)c1Br. The van der Waals surface area contributed by atoms with E-state index >= 15 is 0 Å². The highest BCUT2D eigenvalue weighted by Crippen LogP contribution is 2.27. The van der Waals surface area contributed by atoms with Crippen LogP contribution in [0, 0.1) is 0 Å². The molecule has 1 N–H and O–H groups in total. The smallest absolute Gasteiger partial charge is 0.0794 e. The standard InChI is InChI=1S/C12H17BrN4S/c1-4-8-12(13)10(17(3)16-8)5-9(14-2)11-6-15-7-18-11/h6-7,9,14H,4-5H2,1-3H3. The van der Waals surface area contributed by atoms with Gasteiger partial charge in [-0.3, -0.25) is 9.67 Å². The van der Waals surface area contributed by atoms with Crippen molar-refractivity contribution < 1.29 is 0 Å². The van der Waals surface area contributed by atoms with Crippen molar-refractivity contribution in [2.24, 2.45) is 7.05 Å². The van der Waals surface area contributed by atoms with Crippen molar-refractivity contribution in [1.82, 2.24) is 20.1 Å². The number of aryl methyl sites for hydroxylation is 2. The summed E-state index contributed by atoms with van der Waals surface area (Å²) in [5.74, 6) is 0. The summed E-state index contributed by atoms with van der Waals surface area (Å²) in [5.41, 5.74) is 4.21. The highest BCUT2D eigenvalue weighted by Gasteiger charge is 2.18. The molecule has 0 aliphatic rings. The Kier molecular flexibility index (Phi) is 4.53. The van der Waals surface area contributed by atoms with Gasteiger partial charge in [-0.25, -0.2) is 0 Å². The maximum atomic E-state index is 4.53. The molecule has 2 aromatic rings. The Morgan fingerprint density at radius 3 is 2.83 bits per heavy atom. The molecule has 0 bridgehead atoms. The van der Waals surface area contributed by atoms with E-state index in [1.807, 2.05) is 30.5 Å². The van der Waals surface area contributed by atoms with E-state index in [-0.39, 0.29) is 6.04 Å². The van der Waals surface area contributed by atoms with E-state index in [0.29, 0.717) is 0 Å². The molecule has 2 aromatic heterocycles. The monoisotopic (exact) mass is 328 g/mol. The molecule has 2 heterocycles. The fraction of sp³-hybridized carbons (Fsp3) is 0.500. The third kappa shape index (κ3) is 2.65. The molecule has 0 fully saturated rings. The Bertz CT molecular complexity index is 506. The van der Waals surface area contributed by atoms with E-state index in [0.717, 1.165) is 23.0 Å². The molecule has 0 aliphatic heterocycles. The first-order valence-electron chi connectivity index (χ1n) is 5.93. The second kappa shape index (κ2) is 5.95. The van der Waals surface area contributed by atoms with Gasteiger partial charge in [-0.2, -0.15) is 5.10 Å². The van der Waals surface area contributed by atoms with Crippen LogP contribution < -0.4 is 5.32 Å². The van der Waals surface area contributed by atoms with Crippen LogP contribution in [0.15, 0.2) is 16.2 Å². The summed E-state index contributed by atoms with van der Waals surface area (Å²) >= 11 is 5.34. The van der Waals surface area contributed by atoms with Crippen molar-refractivity contribution in [3.05, 3.63) is 32.4 Å². The second-order valence-corrected chi connectivity index (χ2v) is 5.84. The van der Waals surface area contributed by atoms with Crippen molar-refractivity contribution in [1.29, 1.82) is 0 Å². The van der Waals surface area contributed by atoms with Crippen LogP contribution >= 0.6 is 27.3 Å². The molecule has 1 unspecified atom stereocenters. The fourth-order valence-electron chi connectivity index (χ4n) is 1.98. The van der Waals surface area contributed by atoms with Crippen LogP contribution in [-0.2, 0) is 19.9 Å². The molecule has 4 nitrogen and oxygen atoms in total. The number of hydrogen-bond acceptors (Lipinski definition) is 4. The molecular formula is C12H17BrN4S. The number of nitrogens with one attached hydrogen (secondary N) is 1. The molecule has 0 radical (unpaired) electrons. The summed E-state index contributed by atoms with van der Waals surface area (Å²) in [4.78, 5) is 5.40. The van der Waals surface area contributed by atoms with E-state index in [1.54, 1.807) is 11.3 Å². The Morgan fingerprint density at radius 2 is 2.33 bits per heavy atom. The maximum absolute atomic E-state index is 4.53. The lowest BCUT2D eigenvalue weighted by Gasteiger charge is -2.14. The lowest BCUT2D eigenvalue weighted by Crippen LogP contribution is -2.19. The largest absolute Gasteiger partial charge is 0.312 e. The van der Waals surface area contributed by atoms with E-state index in [9.17, 15) is 0 Å². The zero-order chi connectivity index (χ0) is 13.1. The van der Waals surface area contributed by atoms with Gasteiger partial charge in [-0.15, -0.1) is 11.3 Å². The highest BCUT2D eigenvalue weighted by atomic mass is 79.9. The second-order valence-electron chi connectivity index (χ2n) is 4.13. The predicted octanol–water partition coefficient (Wildman–Crippen LogP) is 2.70. The minimum Gasteiger partial charge on any atom is -0.312 e. The molecule has 6 heteroatoms. The van der Waals surface area contributed by atoms with Gasteiger partial charge in [-0.05, 0) is 29.4 Å². The van der Waals surface area contributed by atoms with Crippen molar-refractivity contribution in [2.45, 2.75) is 25.8 Å². The van der Waals surface area contributed by atoms with Crippen LogP contribution in [-0.4, -0.2) is 21.8 Å². The summed E-state index contributed by atoms with van der Waals surface area (Å²) in [5, 5.41) is 7.87. The van der Waals surface area contributed by atoms with Gasteiger partial charge in [0.1, 0.15) is 0 Å². The first-order valence-corrected chi connectivity index (χ1v) is 7.60. The number of likely N-dealkylation sites (N-methyl/N-ethyl adjacent to an activating group) is 1. The summed E-state index contributed by atoms with van der Waals surface area (Å²) in [6.07, 6.45) is 3.78. The molecule has 98 valence electrons. The van der Waals surface area contributed by atoms with Crippen LogP contribution in [0.25, 0.3) is 0 Å². The summed E-state index contributed by atoms with van der Waals surface area (Å²) in [7, 11) is 3.98. The van der Waals surface area contributed by atoms with Crippen molar-refractivity contribution in [3.63, 3.8) is 0 Å². The number of aromatic nitrogens is 3. The molecule has 0 spiro atoms. The normalized spacial score (nSPS) is 12.9. The average molecular weight is 329 g/mol. The third-order valence-electron chi connectivity index (χ3n) is 3.04. The number of thiazole rings is 1. The molecule has 0 aliphatic carbocycles. The molecular weight excluding hydrogens is 312 g/mol. The van der Waals surface area contributed by atoms with Crippen LogP contribution in [0.3, 0.4) is 0 Å². The van der Waals surface area contributed by atoms with E-state index in [1.165, 1.54) is 10.6 Å². The highest BCUT2D eigenvalue weighted by molar-refractivity contribution is 9.10. The van der Waals surface area contributed by atoms with Crippen LogP contribution in [0.5, 0.6) is 0 Å². The molecule has 0 amide bonds. The minimum absolute atomic E-state index is 0.286. The molecule has 18 heavy (non-hydrogen) atoms. The Labute approximate surface area is 120 Å². The molecule has 2 rings (SSSR count). The van der Waals surface area contributed by atoms with Gasteiger partial charge in [0.2, 0.25) is 0 Å². The molecule has 0 saturated carbocycles. The predicted molar refractivity (Wildman–Crippen MR) is 77.9 cm³/mol. The van der Waals surface area contributed by atoms with Gasteiger partial charge < -0.3 is 5.32 Å². The number of halogens is 1. The van der Waals surface area contributed by atoms with Gasteiger partial charge in [0.15, 0.2) is 0 Å². The van der Waals surface area contributed by atoms with E-state index in [4.69, 9.17) is 0 Å². The van der Waals surface area contributed by atoms with Crippen LogP contribution in [0.4, 0.5) is 0 Å². The first kappa shape index (κ1) is 13.7. The Balaban J connectivity index is 2.25. The van der Waals surface area contributed by atoms with E-state index in [2.05, 4.69) is 38.3 Å². The van der Waals surface area contributed by atoms with Gasteiger partial charge >= 0.3 is 0 Å². The molecule has 0 saturated heterocycles. The molecule has 0 aromatic carbocycles. The van der Waals surface area contributed by atoms with Gasteiger partial charge in [0, 0.05) is 30.6 Å². The van der Waals surface area contributed by atoms with Gasteiger partial charge in [-0.1, -0.05) is 6.92 Å². The quantitative estimate of drug-likeness (QED) is 0.917. The molecule has 1 atom stereocenters. The first-order chi connectivity index (χ1) is 8.67.